The van der Waals surface area contributed by atoms with Crippen molar-refractivity contribution in [1.82, 2.24) is 0 Å². The fourth-order valence-electron chi connectivity index (χ4n) is 1.30. The predicted molar refractivity (Wildman–Crippen MR) is 54.5 cm³/mol. The van der Waals surface area contributed by atoms with Gasteiger partial charge in [0.05, 0.1) is 18.2 Å². The highest BCUT2D eigenvalue weighted by molar-refractivity contribution is 5.97. The van der Waals surface area contributed by atoms with Crippen LogP contribution in [0.25, 0.3) is 0 Å². The quantitative estimate of drug-likeness (QED) is 0.605. The Labute approximate surface area is 101 Å². The van der Waals surface area contributed by atoms with Gasteiger partial charge in [-0.3, -0.25) is 4.79 Å². The van der Waals surface area contributed by atoms with Gasteiger partial charge in [-0.2, -0.15) is 14.0 Å². The fourth-order valence-corrected chi connectivity index (χ4v) is 1.30. The van der Waals surface area contributed by atoms with Crippen molar-refractivity contribution < 1.29 is 27.8 Å². The summed E-state index contributed by atoms with van der Waals surface area (Å²) in [7, 11) is 1.05. The lowest BCUT2D eigenvalue weighted by molar-refractivity contribution is -0.0506. The molecule has 0 radical (unpaired) electrons. The molecule has 0 unspecified atom stereocenters. The van der Waals surface area contributed by atoms with Crippen LogP contribution in [0.1, 0.15) is 26.3 Å². The van der Waals surface area contributed by atoms with E-state index in [0.29, 0.717) is 0 Å². The van der Waals surface area contributed by atoms with Crippen molar-refractivity contribution in [2.45, 2.75) is 6.61 Å². The minimum Gasteiger partial charge on any atom is -0.465 e. The Balaban J connectivity index is 3.49. The number of esters is 1. The lowest BCUT2D eigenvalue weighted by Crippen LogP contribution is -2.12. The van der Waals surface area contributed by atoms with Crippen molar-refractivity contribution in [3.8, 4) is 11.8 Å². The van der Waals surface area contributed by atoms with Crippen molar-refractivity contribution in [2.75, 3.05) is 7.11 Å². The molecule has 0 saturated carbocycles. The van der Waals surface area contributed by atoms with E-state index in [0.717, 1.165) is 19.2 Å². The van der Waals surface area contributed by atoms with Gasteiger partial charge in [0.1, 0.15) is 11.6 Å². The third-order valence-corrected chi connectivity index (χ3v) is 2.05. The zero-order valence-electron chi connectivity index (χ0n) is 9.15. The summed E-state index contributed by atoms with van der Waals surface area (Å²) in [6.07, 6.45) is 0.169. The van der Waals surface area contributed by atoms with E-state index in [1.54, 1.807) is 6.07 Å². The number of benzene rings is 1. The van der Waals surface area contributed by atoms with Crippen LogP contribution < -0.4 is 4.74 Å². The molecule has 0 fully saturated rings. The van der Waals surface area contributed by atoms with Crippen LogP contribution in [0.5, 0.6) is 5.75 Å². The van der Waals surface area contributed by atoms with Gasteiger partial charge in [-0.1, -0.05) is 0 Å². The van der Waals surface area contributed by atoms with Gasteiger partial charge in [-0.15, -0.1) is 0 Å². The number of rotatable bonds is 4. The predicted octanol–water partition coefficient (Wildman–Crippen LogP) is 1.76. The van der Waals surface area contributed by atoms with Crippen LogP contribution in [-0.4, -0.2) is 26.0 Å². The number of alkyl halides is 2. The number of carbonyl (C=O) groups is 2. The summed E-state index contributed by atoms with van der Waals surface area (Å²) in [4.78, 5) is 22.2. The van der Waals surface area contributed by atoms with Crippen LogP contribution in [0.15, 0.2) is 12.1 Å². The molecule has 1 aromatic carbocycles. The van der Waals surface area contributed by atoms with Crippen molar-refractivity contribution in [1.29, 1.82) is 5.26 Å². The first-order valence-corrected chi connectivity index (χ1v) is 4.60. The smallest absolute Gasteiger partial charge is 0.387 e. The SMILES string of the molecule is COC(=O)c1ccc(C#N)c(C=O)c1OC(F)F. The Morgan fingerprint density at radius 3 is 2.61 bits per heavy atom. The van der Waals surface area contributed by atoms with E-state index in [-0.39, 0.29) is 17.4 Å². The van der Waals surface area contributed by atoms with Crippen LogP contribution in [0.3, 0.4) is 0 Å². The summed E-state index contributed by atoms with van der Waals surface area (Å²) in [6.45, 7) is -3.24. The molecule has 1 rings (SSSR count). The minimum atomic E-state index is -3.24. The monoisotopic (exact) mass is 255 g/mol. The molecule has 0 N–H and O–H groups in total. The maximum atomic E-state index is 12.2. The lowest BCUT2D eigenvalue weighted by Gasteiger charge is -2.12. The summed E-state index contributed by atoms with van der Waals surface area (Å²) in [5.74, 6) is -1.61. The summed E-state index contributed by atoms with van der Waals surface area (Å²) >= 11 is 0. The highest BCUT2D eigenvalue weighted by atomic mass is 19.3. The minimum absolute atomic E-state index is 0.169. The summed E-state index contributed by atoms with van der Waals surface area (Å²) in [5, 5.41) is 8.73. The van der Waals surface area contributed by atoms with Crippen molar-refractivity contribution >= 4 is 12.3 Å². The van der Waals surface area contributed by atoms with Gasteiger partial charge in [0.25, 0.3) is 0 Å². The van der Waals surface area contributed by atoms with Gasteiger partial charge in [0.2, 0.25) is 0 Å². The van der Waals surface area contributed by atoms with Crippen LogP contribution >= 0.6 is 0 Å². The topological polar surface area (TPSA) is 76.4 Å². The van der Waals surface area contributed by atoms with Gasteiger partial charge in [0, 0.05) is 0 Å². The number of methoxy groups -OCH3 is 1. The second-order valence-electron chi connectivity index (χ2n) is 3.00. The first-order valence-electron chi connectivity index (χ1n) is 4.60. The number of hydrogen-bond acceptors (Lipinski definition) is 5. The standard InChI is InChI=1S/C11H7F2NO4/c1-17-10(16)7-3-2-6(4-14)8(5-15)9(7)18-11(12)13/h2-3,5,11H,1H3. The van der Waals surface area contributed by atoms with Gasteiger partial charge in [-0.05, 0) is 12.1 Å². The normalized spacial score (nSPS) is 9.72. The number of carbonyl (C=O) groups excluding carboxylic acids is 2. The molecule has 7 heteroatoms. The van der Waals surface area contributed by atoms with Gasteiger partial charge in [0.15, 0.2) is 12.0 Å². The Bertz CT molecular complexity index is 523. The van der Waals surface area contributed by atoms with E-state index in [1.807, 2.05) is 0 Å². The Morgan fingerprint density at radius 1 is 1.50 bits per heavy atom. The van der Waals surface area contributed by atoms with Crippen molar-refractivity contribution in [3.63, 3.8) is 0 Å². The number of aldehydes is 1. The number of hydrogen-bond donors (Lipinski definition) is 0. The second-order valence-corrected chi connectivity index (χ2v) is 3.00. The van der Waals surface area contributed by atoms with Crippen LogP contribution in [0.4, 0.5) is 8.78 Å². The largest absolute Gasteiger partial charge is 0.465 e. The molecular formula is C11H7F2NO4. The Morgan fingerprint density at radius 2 is 2.17 bits per heavy atom. The Kier molecular flexibility index (Phi) is 4.32. The van der Waals surface area contributed by atoms with Crippen LogP contribution in [-0.2, 0) is 4.74 Å². The summed E-state index contributed by atoms with van der Waals surface area (Å²) in [6, 6.07) is 3.86. The summed E-state index contributed by atoms with van der Waals surface area (Å²) < 4.78 is 33.0. The van der Waals surface area contributed by atoms with Gasteiger partial charge in [-0.25, -0.2) is 4.79 Å². The molecule has 18 heavy (non-hydrogen) atoms. The molecule has 0 atom stereocenters. The zero-order valence-corrected chi connectivity index (χ0v) is 9.15. The number of nitrogens with zero attached hydrogens (tertiary/aromatic N) is 1. The van der Waals surface area contributed by atoms with E-state index >= 15 is 0 Å². The third-order valence-electron chi connectivity index (χ3n) is 2.05. The molecule has 0 aliphatic heterocycles. The summed E-state index contributed by atoms with van der Waals surface area (Å²) in [5.41, 5.74) is -0.937. The molecule has 0 aromatic heterocycles. The molecule has 94 valence electrons. The molecule has 0 aliphatic rings. The zero-order chi connectivity index (χ0) is 13.7. The second kappa shape index (κ2) is 5.72. The molecule has 5 nitrogen and oxygen atoms in total. The lowest BCUT2D eigenvalue weighted by atomic mass is 10.0. The molecule has 0 bridgehead atoms. The first-order chi connectivity index (χ1) is 8.54. The molecule has 0 heterocycles. The van der Waals surface area contributed by atoms with E-state index in [1.165, 1.54) is 0 Å². The van der Waals surface area contributed by atoms with E-state index < -0.39 is 23.9 Å². The highest BCUT2D eigenvalue weighted by Gasteiger charge is 2.22. The van der Waals surface area contributed by atoms with Crippen molar-refractivity contribution in [3.05, 3.63) is 28.8 Å². The molecular weight excluding hydrogens is 248 g/mol. The third kappa shape index (κ3) is 2.60. The molecule has 1 aromatic rings. The number of nitriles is 1. The van der Waals surface area contributed by atoms with Crippen molar-refractivity contribution in [2.24, 2.45) is 0 Å². The molecule has 0 saturated heterocycles. The highest BCUT2D eigenvalue weighted by Crippen LogP contribution is 2.28. The average Bonchev–Trinajstić information content (AvgIpc) is 2.36. The van der Waals surface area contributed by atoms with E-state index in [4.69, 9.17) is 5.26 Å². The molecule has 0 amide bonds. The molecule has 0 spiro atoms. The van der Waals surface area contributed by atoms with Crippen LogP contribution in [0.2, 0.25) is 0 Å². The van der Waals surface area contributed by atoms with Gasteiger partial charge >= 0.3 is 12.6 Å². The molecule has 0 aliphatic carbocycles. The van der Waals surface area contributed by atoms with E-state index in [2.05, 4.69) is 9.47 Å². The van der Waals surface area contributed by atoms with Gasteiger partial charge < -0.3 is 9.47 Å². The first kappa shape index (κ1) is 13.6. The van der Waals surface area contributed by atoms with E-state index in [9.17, 15) is 18.4 Å². The average molecular weight is 255 g/mol. The number of ether oxygens (including phenoxy) is 2. The Hall–Kier alpha value is -2.49. The van der Waals surface area contributed by atoms with Crippen LogP contribution in [0, 0.1) is 11.3 Å². The fraction of sp³-hybridized carbons (Fsp3) is 0.182. The maximum absolute atomic E-state index is 12.2. The maximum Gasteiger partial charge on any atom is 0.387 e. The number of halogens is 2.